The molecule has 7 heteroatoms. The van der Waals surface area contributed by atoms with E-state index in [9.17, 15) is 9.59 Å². The summed E-state index contributed by atoms with van der Waals surface area (Å²) in [5.74, 6) is 0.590. The number of halogens is 1. The molecular weight excluding hydrogens is 383 g/mol. The topological polar surface area (TPSA) is 73.8 Å². The van der Waals surface area contributed by atoms with Gasteiger partial charge in [-0.3, -0.25) is 19.5 Å². The molecule has 2 amide bonds. The van der Waals surface area contributed by atoms with Crippen molar-refractivity contribution in [2.24, 2.45) is 4.99 Å². The maximum atomic E-state index is 11.7. The van der Waals surface area contributed by atoms with Crippen LogP contribution < -0.4 is 10.6 Å². The number of nitrogens with one attached hydrogen (secondary N) is 2. The lowest BCUT2D eigenvalue weighted by Gasteiger charge is -2.25. The first-order valence-corrected chi connectivity index (χ1v) is 7.16. The highest BCUT2D eigenvalue weighted by atomic mass is 127. The molecule has 1 heterocycles. The minimum atomic E-state index is -0.0639. The molecule has 1 aliphatic heterocycles. The van der Waals surface area contributed by atoms with E-state index in [0.29, 0.717) is 38.4 Å². The summed E-state index contributed by atoms with van der Waals surface area (Å²) in [7, 11) is 1.72. The Labute approximate surface area is 142 Å². The van der Waals surface area contributed by atoms with E-state index in [-0.39, 0.29) is 35.8 Å². The molecule has 0 saturated carbocycles. The average Bonchev–Trinajstić information content (AvgIpc) is 2.93. The van der Waals surface area contributed by atoms with E-state index < -0.39 is 0 Å². The van der Waals surface area contributed by atoms with Crippen LogP contribution in [0, 0.1) is 0 Å². The van der Waals surface area contributed by atoms with E-state index in [1.807, 2.05) is 0 Å². The van der Waals surface area contributed by atoms with Crippen LogP contribution in [0.2, 0.25) is 0 Å². The minimum absolute atomic E-state index is 0. The molecule has 0 aromatic heterocycles. The molecule has 1 saturated heterocycles. The second-order valence-electron chi connectivity index (χ2n) is 5.08. The molecule has 6 nitrogen and oxygen atoms in total. The summed E-state index contributed by atoms with van der Waals surface area (Å²) in [4.78, 5) is 28.8. The van der Waals surface area contributed by atoms with Gasteiger partial charge in [-0.1, -0.05) is 12.2 Å². The molecular formula is C14H23IN4O2. The van der Waals surface area contributed by atoms with Gasteiger partial charge in [-0.25, -0.2) is 0 Å². The van der Waals surface area contributed by atoms with Gasteiger partial charge in [0.15, 0.2) is 5.96 Å². The van der Waals surface area contributed by atoms with Crippen LogP contribution >= 0.6 is 24.0 Å². The quantitative estimate of drug-likeness (QED) is 0.241. The molecule has 0 bridgehead atoms. The third-order valence-corrected chi connectivity index (χ3v) is 3.58. The highest BCUT2D eigenvalue weighted by Crippen LogP contribution is 2.11. The molecule has 0 unspecified atom stereocenters. The number of hydrogen-bond acceptors (Lipinski definition) is 3. The van der Waals surface area contributed by atoms with E-state index in [4.69, 9.17) is 0 Å². The molecule has 0 aromatic rings. The van der Waals surface area contributed by atoms with Gasteiger partial charge in [0.05, 0.1) is 0 Å². The van der Waals surface area contributed by atoms with Gasteiger partial charge >= 0.3 is 0 Å². The van der Waals surface area contributed by atoms with Crippen LogP contribution in [0.15, 0.2) is 17.1 Å². The summed E-state index contributed by atoms with van der Waals surface area (Å²) in [5, 5.41) is 6.46. The third kappa shape index (κ3) is 5.29. The fraction of sp³-hybridized carbons (Fsp3) is 0.643. The van der Waals surface area contributed by atoms with Gasteiger partial charge in [0.2, 0.25) is 11.8 Å². The zero-order valence-electron chi connectivity index (χ0n) is 12.3. The summed E-state index contributed by atoms with van der Waals surface area (Å²) in [6.07, 6.45) is 7.94. The highest BCUT2D eigenvalue weighted by Gasteiger charge is 2.25. The van der Waals surface area contributed by atoms with Crippen LogP contribution in [0.1, 0.15) is 32.1 Å². The Balaban J connectivity index is 0.00000220. The van der Waals surface area contributed by atoms with Gasteiger partial charge in [-0.05, 0) is 19.3 Å². The van der Waals surface area contributed by atoms with Gasteiger partial charge in [0.25, 0.3) is 0 Å². The number of likely N-dealkylation sites (tertiary alicyclic amines) is 1. The number of carbonyl (C=O) groups excluding carboxylic acids is 2. The van der Waals surface area contributed by atoms with Crippen molar-refractivity contribution in [3.63, 3.8) is 0 Å². The Hall–Kier alpha value is -1.12. The molecule has 0 atom stereocenters. The molecule has 0 spiro atoms. The zero-order valence-corrected chi connectivity index (χ0v) is 14.6. The van der Waals surface area contributed by atoms with E-state index in [0.717, 1.165) is 18.8 Å². The lowest BCUT2D eigenvalue weighted by molar-refractivity contribution is -0.147. The largest absolute Gasteiger partial charge is 0.355 e. The molecule has 21 heavy (non-hydrogen) atoms. The fourth-order valence-electron chi connectivity index (χ4n) is 2.46. The first-order chi connectivity index (χ1) is 9.70. The predicted molar refractivity (Wildman–Crippen MR) is 92.6 cm³/mol. The van der Waals surface area contributed by atoms with Gasteiger partial charge in [-0.15, -0.1) is 24.0 Å². The van der Waals surface area contributed by atoms with Gasteiger partial charge in [-0.2, -0.15) is 0 Å². The summed E-state index contributed by atoms with van der Waals surface area (Å²) in [6.45, 7) is 0.929. The van der Waals surface area contributed by atoms with Crippen LogP contribution in [-0.2, 0) is 9.59 Å². The summed E-state index contributed by atoms with van der Waals surface area (Å²) >= 11 is 0. The Morgan fingerprint density at radius 3 is 2.48 bits per heavy atom. The number of piperidine rings is 1. The molecule has 1 fully saturated rings. The Morgan fingerprint density at radius 2 is 1.90 bits per heavy atom. The average molecular weight is 406 g/mol. The van der Waals surface area contributed by atoms with Crippen molar-refractivity contribution in [2.45, 2.75) is 38.1 Å². The fourth-order valence-corrected chi connectivity index (χ4v) is 2.46. The minimum Gasteiger partial charge on any atom is -0.355 e. The smallest absolute Gasteiger partial charge is 0.229 e. The van der Waals surface area contributed by atoms with Crippen LogP contribution in [0.5, 0.6) is 0 Å². The number of guanidine groups is 1. The monoisotopic (exact) mass is 406 g/mol. The number of aliphatic imine (C=N–C) groups is 1. The van der Waals surface area contributed by atoms with Gasteiger partial charge < -0.3 is 10.6 Å². The van der Waals surface area contributed by atoms with E-state index in [2.05, 4.69) is 27.8 Å². The van der Waals surface area contributed by atoms with Crippen LogP contribution in [0.25, 0.3) is 0 Å². The van der Waals surface area contributed by atoms with Crippen molar-refractivity contribution < 1.29 is 9.59 Å². The summed E-state index contributed by atoms with van der Waals surface area (Å²) < 4.78 is 0. The van der Waals surface area contributed by atoms with Gasteiger partial charge in [0, 0.05) is 39.0 Å². The SMILES string of the molecule is CN=C(NCCN1C(=O)CCCC1=O)NC1CC=CC1.I. The van der Waals surface area contributed by atoms with E-state index >= 15 is 0 Å². The zero-order chi connectivity index (χ0) is 14.4. The number of nitrogens with zero attached hydrogens (tertiary/aromatic N) is 2. The van der Waals surface area contributed by atoms with E-state index in [1.165, 1.54) is 4.90 Å². The molecule has 2 N–H and O–H groups in total. The Kier molecular flexibility index (Phi) is 7.69. The third-order valence-electron chi connectivity index (χ3n) is 3.58. The van der Waals surface area contributed by atoms with Crippen LogP contribution in [-0.4, -0.2) is 48.9 Å². The van der Waals surface area contributed by atoms with Crippen molar-refractivity contribution in [1.82, 2.24) is 15.5 Å². The summed E-state index contributed by atoms with van der Waals surface area (Å²) in [6, 6.07) is 0.388. The van der Waals surface area contributed by atoms with Crippen LogP contribution in [0.4, 0.5) is 0 Å². The first kappa shape index (κ1) is 17.9. The molecule has 118 valence electrons. The predicted octanol–water partition coefficient (Wildman–Crippen LogP) is 1.03. The molecule has 2 rings (SSSR count). The Bertz CT molecular complexity index is 413. The standard InChI is InChI=1S/C14H22N4O2.HI/c1-15-14(17-11-5-2-3-6-11)16-9-10-18-12(19)7-4-8-13(18)20;/h2-3,11H,4-10H2,1H3,(H2,15,16,17);1H. The van der Waals surface area contributed by atoms with Crippen LogP contribution in [0.3, 0.4) is 0 Å². The van der Waals surface area contributed by atoms with Crippen molar-refractivity contribution in [1.29, 1.82) is 0 Å². The summed E-state index contributed by atoms with van der Waals surface area (Å²) in [5.41, 5.74) is 0. The molecule has 1 aliphatic carbocycles. The van der Waals surface area contributed by atoms with E-state index in [1.54, 1.807) is 7.05 Å². The van der Waals surface area contributed by atoms with Crippen molar-refractivity contribution in [2.75, 3.05) is 20.1 Å². The lowest BCUT2D eigenvalue weighted by Crippen LogP contribution is -2.48. The molecule has 0 radical (unpaired) electrons. The highest BCUT2D eigenvalue weighted by molar-refractivity contribution is 14.0. The maximum Gasteiger partial charge on any atom is 0.229 e. The molecule has 2 aliphatic rings. The number of hydrogen-bond donors (Lipinski definition) is 2. The number of rotatable bonds is 4. The number of amides is 2. The lowest BCUT2D eigenvalue weighted by atomic mass is 10.1. The first-order valence-electron chi connectivity index (χ1n) is 7.16. The second kappa shape index (κ2) is 9.01. The number of carbonyl (C=O) groups is 2. The second-order valence-corrected chi connectivity index (χ2v) is 5.08. The Morgan fingerprint density at radius 1 is 1.29 bits per heavy atom. The van der Waals surface area contributed by atoms with Crippen molar-refractivity contribution >= 4 is 41.8 Å². The van der Waals surface area contributed by atoms with Gasteiger partial charge in [0.1, 0.15) is 0 Å². The van der Waals surface area contributed by atoms with Crippen molar-refractivity contribution in [3.8, 4) is 0 Å². The normalized spacial score (nSPS) is 19.7. The van der Waals surface area contributed by atoms with Crippen molar-refractivity contribution in [3.05, 3.63) is 12.2 Å². The number of imide groups is 1. The maximum absolute atomic E-state index is 11.7. The molecule has 0 aromatic carbocycles.